The minimum absolute atomic E-state index is 0.885. The molecule has 13 heavy (non-hydrogen) atoms. The lowest BCUT2D eigenvalue weighted by atomic mass is 9.72. The van der Waals surface area contributed by atoms with Crippen LogP contribution in [0.4, 0.5) is 0 Å². The van der Waals surface area contributed by atoms with Crippen LogP contribution in [-0.2, 0) is 0 Å². The largest absolute Gasteiger partial charge is 0.300 e. The summed E-state index contributed by atoms with van der Waals surface area (Å²) in [6.07, 6.45) is 7.24. The standard InChI is InChI=1S/C12H23N/c1-4-11-7-10-5-9(2)6-12(8-10)13(11)3/h9-12H,4-8H2,1-3H3. The van der Waals surface area contributed by atoms with E-state index in [1.807, 2.05) is 0 Å². The first-order valence-corrected chi connectivity index (χ1v) is 5.92. The van der Waals surface area contributed by atoms with Crippen molar-refractivity contribution in [3.05, 3.63) is 0 Å². The van der Waals surface area contributed by atoms with Crippen LogP contribution in [0.1, 0.15) is 46.0 Å². The van der Waals surface area contributed by atoms with Gasteiger partial charge in [-0.3, -0.25) is 0 Å². The van der Waals surface area contributed by atoms with E-state index in [0.29, 0.717) is 0 Å². The minimum atomic E-state index is 0.885. The van der Waals surface area contributed by atoms with Gasteiger partial charge in [-0.15, -0.1) is 0 Å². The fourth-order valence-corrected chi connectivity index (χ4v) is 3.54. The molecule has 1 nitrogen and oxygen atoms in total. The second-order valence-electron chi connectivity index (χ2n) is 5.30. The maximum atomic E-state index is 2.66. The van der Waals surface area contributed by atoms with Gasteiger partial charge >= 0.3 is 0 Å². The molecule has 1 saturated carbocycles. The summed E-state index contributed by atoms with van der Waals surface area (Å²) in [5.74, 6) is 2.03. The molecule has 2 bridgehead atoms. The zero-order valence-corrected chi connectivity index (χ0v) is 9.29. The Labute approximate surface area is 82.5 Å². The van der Waals surface area contributed by atoms with Gasteiger partial charge in [0.2, 0.25) is 0 Å². The van der Waals surface area contributed by atoms with E-state index in [2.05, 4.69) is 25.8 Å². The van der Waals surface area contributed by atoms with Crippen LogP contribution < -0.4 is 0 Å². The lowest BCUT2D eigenvalue weighted by molar-refractivity contribution is 0.0229. The van der Waals surface area contributed by atoms with Crippen LogP contribution in [0.15, 0.2) is 0 Å². The number of hydrogen-bond acceptors (Lipinski definition) is 1. The van der Waals surface area contributed by atoms with E-state index in [-0.39, 0.29) is 0 Å². The molecule has 1 saturated heterocycles. The molecule has 2 rings (SSSR count). The van der Waals surface area contributed by atoms with Crippen molar-refractivity contribution in [2.24, 2.45) is 11.8 Å². The van der Waals surface area contributed by atoms with Gasteiger partial charge in [0.15, 0.2) is 0 Å². The lowest BCUT2D eigenvalue weighted by Gasteiger charge is -2.48. The Morgan fingerprint density at radius 2 is 1.92 bits per heavy atom. The molecule has 2 fully saturated rings. The molecule has 76 valence electrons. The fourth-order valence-electron chi connectivity index (χ4n) is 3.54. The molecule has 1 heteroatoms. The Morgan fingerprint density at radius 1 is 1.15 bits per heavy atom. The molecule has 0 aromatic rings. The molecular weight excluding hydrogens is 158 g/mol. The number of nitrogens with zero attached hydrogens (tertiary/aromatic N) is 1. The van der Waals surface area contributed by atoms with Crippen molar-refractivity contribution in [1.29, 1.82) is 0 Å². The minimum Gasteiger partial charge on any atom is -0.300 e. The van der Waals surface area contributed by atoms with Crippen molar-refractivity contribution in [2.45, 2.75) is 58.0 Å². The summed E-state index contributed by atoms with van der Waals surface area (Å²) in [6.45, 7) is 4.77. The molecule has 2 aliphatic rings. The third-order valence-electron chi connectivity index (χ3n) is 4.24. The SMILES string of the molecule is CCC1CC2CC(C)CC(C2)N1C. The zero-order chi connectivity index (χ0) is 9.42. The average molecular weight is 181 g/mol. The van der Waals surface area contributed by atoms with E-state index >= 15 is 0 Å². The van der Waals surface area contributed by atoms with Crippen LogP contribution >= 0.6 is 0 Å². The van der Waals surface area contributed by atoms with Gasteiger partial charge in [-0.05, 0) is 51.0 Å². The van der Waals surface area contributed by atoms with Crippen LogP contribution in [-0.4, -0.2) is 24.0 Å². The molecule has 1 aliphatic heterocycles. The topological polar surface area (TPSA) is 3.24 Å². The molecule has 1 heterocycles. The summed E-state index contributed by atoms with van der Waals surface area (Å²) in [5, 5.41) is 0. The third kappa shape index (κ3) is 1.76. The number of fused-ring (bicyclic) bond motifs is 2. The highest BCUT2D eigenvalue weighted by atomic mass is 15.2. The Bertz CT molecular complexity index is 176. The first kappa shape index (κ1) is 9.51. The Morgan fingerprint density at radius 3 is 2.62 bits per heavy atom. The van der Waals surface area contributed by atoms with Crippen molar-refractivity contribution in [2.75, 3.05) is 7.05 Å². The quantitative estimate of drug-likeness (QED) is 0.601. The molecule has 0 spiro atoms. The Kier molecular flexibility index (Phi) is 2.64. The Balaban J connectivity index is 2.05. The van der Waals surface area contributed by atoms with E-state index in [0.717, 1.165) is 23.9 Å². The maximum Gasteiger partial charge on any atom is 0.0100 e. The van der Waals surface area contributed by atoms with E-state index in [1.165, 1.54) is 32.1 Å². The predicted molar refractivity (Wildman–Crippen MR) is 56.8 cm³/mol. The van der Waals surface area contributed by atoms with Gasteiger partial charge in [0.25, 0.3) is 0 Å². The second kappa shape index (κ2) is 3.61. The van der Waals surface area contributed by atoms with E-state index in [1.54, 1.807) is 0 Å². The van der Waals surface area contributed by atoms with Gasteiger partial charge in [0.1, 0.15) is 0 Å². The molecule has 4 atom stereocenters. The van der Waals surface area contributed by atoms with Gasteiger partial charge in [-0.1, -0.05) is 13.8 Å². The summed E-state index contributed by atoms with van der Waals surface area (Å²) < 4.78 is 0. The first-order chi connectivity index (χ1) is 6.20. The first-order valence-electron chi connectivity index (χ1n) is 5.92. The number of piperidine rings is 1. The van der Waals surface area contributed by atoms with Crippen molar-refractivity contribution in [3.63, 3.8) is 0 Å². The summed E-state index contributed by atoms with van der Waals surface area (Å²) in [6, 6.07) is 1.80. The molecular formula is C12H23N. The van der Waals surface area contributed by atoms with Crippen molar-refractivity contribution in [1.82, 2.24) is 4.90 Å². The normalized spacial score (nSPS) is 46.4. The highest BCUT2D eigenvalue weighted by Crippen LogP contribution is 2.40. The second-order valence-corrected chi connectivity index (χ2v) is 5.30. The monoisotopic (exact) mass is 181 g/mol. The van der Waals surface area contributed by atoms with E-state index in [9.17, 15) is 0 Å². The van der Waals surface area contributed by atoms with E-state index < -0.39 is 0 Å². The van der Waals surface area contributed by atoms with Crippen LogP contribution in [0.5, 0.6) is 0 Å². The maximum absolute atomic E-state index is 2.66. The summed E-state index contributed by atoms with van der Waals surface area (Å²) in [5.41, 5.74) is 0. The fraction of sp³-hybridized carbons (Fsp3) is 1.00. The molecule has 0 radical (unpaired) electrons. The van der Waals surface area contributed by atoms with Crippen molar-refractivity contribution < 1.29 is 0 Å². The number of likely N-dealkylation sites (tertiary alicyclic amines) is 1. The molecule has 0 N–H and O–H groups in total. The highest BCUT2D eigenvalue weighted by molar-refractivity contribution is 4.91. The summed E-state index contributed by atoms with van der Waals surface area (Å²) >= 11 is 0. The smallest absolute Gasteiger partial charge is 0.0100 e. The van der Waals surface area contributed by atoms with Gasteiger partial charge in [-0.2, -0.15) is 0 Å². The molecule has 0 aromatic heterocycles. The van der Waals surface area contributed by atoms with Gasteiger partial charge in [0, 0.05) is 12.1 Å². The van der Waals surface area contributed by atoms with E-state index in [4.69, 9.17) is 0 Å². The Hall–Kier alpha value is -0.0400. The van der Waals surface area contributed by atoms with Crippen LogP contribution in [0.2, 0.25) is 0 Å². The zero-order valence-electron chi connectivity index (χ0n) is 9.29. The molecule has 0 amide bonds. The van der Waals surface area contributed by atoms with Crippen LogP contribution in [0.3, 0.4) is 0 Å². The summed E-state index contributed by atoms with van der Waals surface area (Å²) in [4.78, 5) is 2.66. The van der Waals surface area contributed by atoms with Gasteiger partial charge in [-0.25, -0.2) is 0 Å². The highest BCUT2D eigenvalue weighted by Gasteiger charge is 2.37. The van der Waals surface area contributed by atoms with Crippen LogP contribution in [0, 0.1) is 11.8 Å². The average Bonchev–Trinajstić information content (AvgIpc) is 2.10. The molecule has 1 aliphatic carbocycles. The predicted octanol–water partition coefficient (Wildman–Crippen LogP) is 2.91. The third-order valence-corrected chi connectivity index (χ3v) is 4.24. The summed E-state index contributed by atoms with van der Waals surface area (Å²) in [7, 11) is 2.34. The van der Waals surface area contributed by atoms with Gasteiger partial charge in [0.05, 0.1) is 0 Å². The van der Waals surface area contributed by atoms with Crippen molar-refractivity contribution >= 4 is 0 Å². The number of hydrogen-bond donors (Lipinski definition) is 0. The number of rotatable bonds is 1. The lowest BCUT2D eigenvalue weighted by Crippen LogP contribution is -2.49. The van der Waals surface area contributed by atoms with Crippen molar-refractivity contribution in [3.8, 4) is 0 Å². The molecule has 4 unspecified atom stereocenters. The van der Waals surface area contributed by atoms with Gasteiger partial charge < -0.3 is 4.90 Å². The van der Waals surface area contributed by atoms with Crippen LogP contribution in [0.25, 0.3) is 0 Å². The molecule has 0 aromatic carbocycles.